The van der Waals surface area contributed by atoms with Crippen LogP contribution in [0, 0.1) is 29.1 Å². The molecule has 0 aromatic carbocycles. The van der Waals surface area contributed by atoms with Gasteiger partial charge < -0.3 is 14.6 Å². The number of hydrogen-bond acceptors (Lipinski definition) is 6. The zero-order chi connectivity index (χ0) is 29.7. The lowest BCUT2D eigenvalue weighted by molar-refractivity contribution is -0.199. The zero-order valence-corrected chi connectivity index (χ0v) is 26.9. The van der Waals surface area contributed by atoms with Crippen LogP contribution in [0.25, 0.3) is 0 Å². The summed E-state index contributed by atoms with van der Waals surface area (Å²) in [6.07, 6.45) is 12.1. The lowest BCUT2D eigenvalue weighted by Gasteiger charge is -2.64. The summed E-state index contributed by atoms with van der Waals surface area (Å²) in [6.45, 7) is 13.1. The van der Waals surface area contributed by atoms with Crippen LogP contribution in [0.15, 0.2) is 0 Å². The molecular formula is C30H55BN2O6S. The molecule has 40 heavy (non-hydrogen) atoms. The predicted molar refractivity (Wildman–Crippen MR) is 160 cm³/mol. The van der Waals surface area contributed by atoms with E-state index >= 15 is 0 Å². The van der Waals surface area contributed by atoms with Crippen molar-refractivity contribution in [1.82, 2.24) is 10.0 Å². The van der Waals surface area contributed by atoms with E-state index in [1.54, 1.807) is 0 Å². The van der Waals surface area contributed by atoms with Gasteiger partial charge in [0.05, 0.1) is 29.8 Å². The topological polar surface area (TPSA) is 111 Å². The van der Waals surface area contributed by atoms with E-state index in [-0.39, 0.29) is 53.6 Å². The van der Waals surface area contributed by atoms with Gasteiger partial charge in [0.1, 0.15) is 5.78 Å². The summed E-state index contributed by atoms with van der Waals surface area (Å²) in [5, 5.41) is 3.13. The first-order valence-electron chi connectivity index (χ1n) is 15.8. The minimum absolute atomic E-state index is 0.00155. The molecule has 1 heterocycles. The highest BCUT2D eigenvalue weighted by atomic mass is 32.2. The summed E-state index contributed by atoms with van der Waals surface area (Å²) in [4.78, 5) is 26.4. The number of nitrogens with one attached hydrogen (secondary N) is 2. The Morgan fingerprint density at radius 2 is 1.68 bits per heavy atom. The van der Waals surface area contributed by atoms with Crippen molar-refractivity contribution >= 4 is 28.8 Å². The van der Waals surface area contributed by atoms with Crippen LogP contribution in [-0.2, 0) is 28.9 Å². The van der Waals surface area contributed by atoms with Crippen molar-refractivity contribution in [2.45, 2.75) is 136 Å². The highest BCUT2D eigenvalue weighted by Gasteiger charge is 2.68. The van der Waals surface area contributed by atoms with Crippen molar-refractivity contribution in [3.05, 3.63) is 0 Å². The van der Waals surface area contributed by atoms with Crippen LogP contribution >= 0.6 is 0 Å². The fourth-order valence-corrected chi connectivity index (χ4v) is 7.79. The van der Waals surface area contributed by atoms with Crippen LogP contribution in [0.1, 0.15) is 119 Å². The average molecular weight is 583 g/mol. The molecule has 1 saturated heterocycles. The number of carbonyl (C=O) groups excluding carboxylic acids is 2. The monoisotopic (exact) mass is 582 g/mol. The molecule has 4 aliphatic rings. The van der Waals surface area contributed by atoms with Gasteiger partial charge in [-0.3, -0.25) is 9.59 Å². The first kappa shape index (κ1) is 33.5. The van der Waals surface area contributed by atoms with Crippen LogP contribution in [0.4, 0.5) is 0 Å². The highest BCUT2D eigenvalue weighted by molar-refractivity contribution is 7.88. The maximum atomic E-state index is 13.6. The Hall–Kier alpha value is -0.965. The van der Waals surface area contributed by atoms with Crippen molar-refractivity contribution in [3.8, 4) is 0 Å². The van der Waals surface area contributed by atoms with E-state index in [1.807, 2.05) is 0 Å². The van der Waals surface area contributed by atoms with Gasteiger partial charge in [0.2, 0.25) is 15.9 Å². The molecule has 0 aromatic rings. The summed E-state index contributed by atoms with van der Waals surface area (Å²) in [5.41, 5.74) is -0.162. The van der Waals surface area contributed by atoms with Crippen LogP contribution in [0.3, 0.4) is 0 Å². The van der Waals surface area contributed by atoms with E-state index in [1.165, 1.54) is 25.7 Å². The number of rotatable bonds is 18. The minimum atomic E-state index is -3.51. The Morgan fingerprint density at radius 1 is 1.02 bits per heavy atom. The number of ketones is 1. The second-order valence-electron chi connectivity index (χ2n) is 14.0. The van der Waals surface area contributed by atoms with E-state index < -0.39 is 23.1 Å². The first-order chi connectivity index (χ1) is 18.7. The number of carbonyl (C=O) groups is 2. The molecule has 10 heteroatoms. The van der Waals surface area contributed by atoms with Gasteiger partial charge in [0.15, 0.2) is 0 Å². The van der Waals surface area contributed by atoms with Gasteiger partial charge in [0, 0.05) is 19.4 Å². The van der Waals surface area contributed by atoms with Gasteiger partial charge in [-0.05, 0) is 55.8 Å². The van der Waals surface area contributed by atoms with Crippen LogP contribution in [0.2, 0.25) is 0 Å². The normalized spacial score (nSPS) is 28.6. The molecule has 2 bridgehead atoms. The molecule has 2 N–H and O–H groups in total. The third-order valence-electron chi connectivity index (χ3n) is 9.85. The molecule has 0 aromatic heterocycles. The second-order valence-corrected chi connectivity index (χ2v) is 15.8. The van der Waals surface area contributed by atoms with Crippen LogP contribution in [-0.4, -0.2) is 57.7 Å². The summed E-state index contributed by atoms with van der Waals surface area (Å²) >= 11 is 0. The first-order valence-corrected chi connectivity index (χ1v) is 17.7. The van der Waals surface area contributed by atoms with Gasteiger partial charge in [-0.1, -0.05) is 73.1 Å². The third kappa shape index (κ3) is 8.54. The molecule has 8 nitrogen and oxygen atoms in total. The lowest BCUT2D eigenvalue weighted by Crippen LogP contribution is -2.65. The largest absolute Gasteiger partial charge is 0.481 e. The molecule has 1 aliphatic heterocycles. The van der Waals surface area contributed by atoms with Crippen molar-refractivity contribution < 1.29 is 27.3 Å². The molecule has 4 rings (SSSR count). The zero-order valence-electron chi connectivity index (χ0n) is 26.1. The highest BCUT2D eigenvalue weighted by Crippen LogP contribution is 2.65. The number of Topliss-reactive ketones (excluding diaryl/α,β-unsaturated/α-hetero) is 1. The molecule has 3 saturated carbocycles. The summed E-state index contributed by atoms with van der Waals surface area (Å²) in [5.74, 6) is -0.166. The predicted octanol–water partition coefficient (Wildman–Crippen LogP) is 5.05. The van der Waals surface area contributed by atoms with E-state index in [2.05, 4.69) is 51.6 Å². The molecule has 0 unspecified atom stereocenters. The van der Waals surface area contributed by atoms with Crippen molar-refractivity contribution in [1.29, 1.82) is 0 Å². The van der Waals surface area contributed by atoms with E-state index in [4.69, 9.17) is 9.31 Å². The molecular weight excluding hydrogens is 527 g/mol. The summed E-state index contributed by atoms with van der Waals surface area (Å²) < 4.78 is 39.3. The van der Waals surface area contributed by atoms with Gasteiger partial charge >= 0.3 is 7.12 Å². The Morgan fingerprint density at radius 3 is 2.27 bits per heavy atom. The van der Waals surface area contributed by atoms with E-state index in [0.717, 1.165) is 38.4 Å². The summed E-state index contributed by atoms with van der Waals surface area (Å²) in [7, 11) is -4.08. The standard InChI is InChI=1S/C30H55BN2O6S/c1-8-9-10-11-12-13-14-15-24(34)17-22(20-32-40(7,36)37)28(35)33-27(16-21(2)3)31-38-26-19-23-18-25(29(23,4)5)30(26,6)39-31/h21-23,25-27,32H,8-20H2,1-7H3,(H,33,35)/t22-,23+,25+,26+,27-,30-/m0/s1. The Bertz CT molecular complexity index is 973. The lowest BCUT2D eigenvalue weighted by atomic mass is 9.43. The number of sulfonamides is 1. The van der Waals surface area contributed by atoms with Gasteiger partial charge in [-0.25, -0.2) is 13.1 Å². The van der Waals surface area contributed by atoms with Crippen molar-refractivity contribution in [2.24, 2.45) is 29.1 Å². The molecule has 230 valence electrons. The van der Waals surface area contributed by atoms with Gasteiger partial charge in [0.25, 0.3) is 0 Å². The molecule has 4 fully saturated rings. The summed E-state index contributed by atoms with van der Waals surface area (Å²) in [6, 6.07) is 0. The second kappa shape index (κ2) is 14.0. The molecule has 0 spiro atoms. The van der Waals surface area contributed by atoms with Gasteiger partial charge in [-0.2, -0.15) is 0 Å². The number of hydrogen-bond donors (Lipinski definition) is 2. The molecule has 3 aliphatic carbocycles. The van der Waals surface area contributed by atoms with Crippen LogP contribution in [0.5, 0.6) is 0 Å². The molecule has 0 radical (unpaired) electrons. The Labute approximate surface area is 244 Å². The maximum absolute atomic E-state index is 13.6. The fraction of sp³-hybridized carbons (Fsp3) is 0.933. The van der Waals surface area contributed by atoms with Crippen molar-refractivity contribution in [2.75, 3.05) is 12.8 Å². The SMILES string of the molecule is CCCCCCCCCC(=O)C[C@@H](CNS(C)(=O)=O)C(=O)N[C@@H](CC(C)C)B1O[C@@H]2C[C@H]3C[C@H](C3(C)C)[C@]2(C)O1. The maximum Gasteiger partial charge on any atom is 0.481 e. The van der Waals surface area contributed by atoms with Gasteiger partial charge in [-0.15, -0.1) is 0 Å². The quantitative estimate of drug-likeness (QED) is 0.173. The average Bonchev–Trinajstić information content (AvgIpc) is 3.21. The van der Waals surface area contributed by atoms with E-state index in [9.17, 15) is 18.0 Å². The van der Waals surface area contributed by atoms with Crippen molar-refractivity contribution in [3.63, 3.8) is 0 Å². The third-order valence-corrected chi connectivity index (χ3v) is 10.5. The fourth-order valence-electron chi connectivity index (χ4n) is 7.28. The smallest absolute Gasteiger partial charge is 0.404 e. The molecule has 1 amide bonds. The molecule has 6 atom stereocenters. The Balaban J connectivity index is 1.62. The number of unbranched alkanes of at least 4 members (excludes halogenated alkanes) is 6. The van der Waals surface area contributed by atoms with E-state index in [0.29, 0.717) is 24.7 Å². The van der Waals surface area contributed by atoms with Crippen LogP contribution < -0.4 is 10.0 Å². The Kier molecular flexibility index (Phi) is 11.7. The minimum Gasteiger partial charge on any atom is -0.404 e. The number of amides is 1.